The van der Waals surface area contributed by atoms with Crippen molar-refractivity contribution in [2.24, 2.45) is 11.8 Å². The minimum absolute atomic E-state index is 0.0635. The van der Waals surface area contributed by atoms with E-state index in [1.165, 1.54) is 4.90 Å². The van der Waals surface area contributed by atoms with Crippen molar-refractivity contribution < 1.29 is 9.59 Å². The molecule has 0 atom stereocenters. The number of amides is 2. The molecule has 2 saturated heterocycles. The molecule has 2 amide bonds. The molecule has 0 aromatic rings. The van der Waals surface area contributed by atoms with Crippen molar-refractivity contribution in [3.63, 3.8) is 0 Å². The lowest BCUT2D eigenvalue weighted by Gasteiger charge is -2.44. The third-order valence-corrected chi connectivity index (χ3v) is 3.18. The number of fused-ring (bicyclic) bond motifs is 2. The highest BCUT2D eigenvalue weighted by Crippen LogP contribution is 2.41. The van der Waals surface area contributed by atoms with Crippen LogP contribution in [0.1, 0.15) is 19.3 Å². The van der Waals surface area contributed by atoms with Crippen LogP contribution in [0.25, 0.3) is 0 Å². The second-order valence-electron chi connectivity index (χ2n) is 4.15. The van der Waals surface area contributed by atoms with Gasteiger partial charge >= 0.3 is 0 Å². The number of hydrogen-bond acceptors (Lipinski definition) is 3. The number of piperidine rings is 2. The third-order valence-electron chi connectivity index (χ3n) is 3.18. The Morgan fingerprint density at radius 1 is 1.29 bits per heavy atom. The molecule has 4 heteroatoms. The standard InChI is InChI=1S/C10H16N2O2/c1-11-3-2-4-12-9(13)7-5-8(6-7)10(12)14/h7-8,11H,2-6H2,1H3. The molecule has 0 aromatic heterocycles. The molecule has 4 nitrogen and oxygen atoms in total. The van der Waals surface area contributed by atoms with Crippen molar-refractivity contribution in [3.05, 3.63) is 0 Å². The molecule has 1 N–H and O–H groups in total. The molecule has 1 saturated carbocycles. The predicted molar refractivity (Wildman–Crippen MR) is 51.5 cm³/mol. The Morgan fingerprint density at radius 3 is 2.36 bits per heavy atom. The maximum absolute atomic E-state index is 11.7. The van der Waals surface area contributed by atoms with Crippen LogP contribution in [0.5, 0.6) is 0 Å². The van der Waals surface area contributed by atoms with Crippen LogP contribution < -0.4 is 5.32 Å². The van der Waals surface area contributed by atoms with E-state index < -0.39 is 0 Å². The summed E-state index contributed by atoms with van der Waals surface area (Å²) < 4.78 is 0. The topological polar surface area (TPSA) is 49.4 Å². The number of nitrogens with zero attached hydrogens (tertiary/aromatic N) is 1. The minimum atomic E-state index is 0.0635. The van der Waals surface area contributed by atoms with Crippen molar-refractivity contribution in [1.29, 1.82) is 0 Å². The number of imide groups is 1. The smallest absolute Gasteiger partial charge is 0.232 e. The third kappa shape index (κ3) is 1.43. The van der Waals surface area contributed by atoms with Crippen molar-refractivity contribution in [2.45, 2.75) is 19.3 Å². The fourth-order valence-corrected chi connectivity index (χ4v) is 2.20. The average molecular weight is 196 g/mol. The molecule has 0 unspecified atom stereocenters. The zero-order valence-electron chi connectivity index (χ0n) is 8.45. The van der Waals surface area contributed by atoms with Gasteiger partial charge in [0.05, 0.1) is 0 Å². The van der Waals surface area contributed by atoms with Crippen molar-refractivity contribution in [3.8, 4) is 0 Å². The Hall–Kier alpha value is -0.900. The molecule has 3 fully saturated rings. The quantitative estimate of drug-likeness (QED) is 0.508. The molecule has 3 rings (SSSR count). The van der Waals surface area contributed by atoms with Gasteiger partial charge in [-0.25, -0.2) is 0 Å². The van der Waals surface area contributed by atoms with Crippen LogP contribution in [0.2, 0.25) is 0 Å². The lowest BCUT2D eigenvalue weighted by atomic mass is 9.70. The lowest BCUT2D eigenvalue weighted by Crippen LogP contribution is -2.56. The van der Waals surface area contributed by atoms with E-state index in [1.807, 2.05) is 7.05 Å². The molecular weight excluding hydrogens is 180 g/mol. The summed E-state index contributed by atoms with van der Waals surface area (Å²) in [7, 11) is 1.87. The van der Waals surface area contributed by atoms with Crippen LogP contribution in [-0.2, 0) is 9.59 Å². The molecule has 3 aliphatic rings. The van der Waals surface area contributed by atoms with Gasteiger partial charge in [-0.15, -0.1) is 0 Å². The van der Waals surface area contributed by atoms with Gasteiger partial charge in [-0.1, -0.05) is 0 Å². The Kier molecular flexibility index (Phi) is 2.54. The van der Waals surface area contributed by atoms with Crippen LogP contribution in [0.3, 0.4) is 0 Å². The maximum Gasteiger partial charge on any atom is 0.232 e. The normalized spacial score (nSPS) is 30.5. The van der Waals surface area contributed by atoms with E-state index in [4.69, 9.17) is 0 Å². The van der Waals surface area contributed by atoms with E-state index in [9.17, 15) is 9.59 Å². The minimum Gasteiger partial charge on any atom is -0.320 e. The Balaban J connectivity index is 1.90. The van der Waals surface area contributed by atoms with Gasteiger partial charge in [0.2, 0.25) is 11.8 Å². The summed E-state index contributed by atoms with van der Waals surface area (Å²) in [5.74, 6) is 0.446. The van der Waals surface area contributed by atoms with Crippen molar-refractivity contribution >= 4 is 11.8 Å². The molecule has 0 radical (unpaired) electrons. The monoisotopic (exact) mass is 196 g/mol. The van der Waals surface area contributed by atoms with E-state index in [-0.39, 0.29) is 23.7 Å². The molecule has 1 aliphatic carbocycles. The molecular formula is C10H16N2O2. The number of carbonyl (C=O) groups is 2. The fourth-order valence-electron chi connectivity index (χ4n) is 2.20. The van der Waals surface area contributed by atoms with Gasteiger partial charge in [0.15, 0.2) is 0 Å². The highest BCUT2D eigenvalue weighted by Gasteiger charge is 2.49. The summed E-state index contributed by atoms with van der Waals surface area (Å²) >= 11 is 0. The van der Waals surface area contributed by atoms with Gasteiger partial charge in [-0.05, 0) is 32.9 Å². The van der Waals surface area contributed by atoms with Crippen molar-refractivity contribution in [2.75, 3.05) is 20.1 Å². The van der Waals surface area contributed by atoms with E-state index in [1.54, 1.807) is 0 Å². The zero-order valence-corrected chi connectivity index (χ0v) is 8.45. The average Bonchev–Trinajstić information content (AvgIpc) is 2.07. The Morgan fingerprint density at radius 2 is 1.86 bits per heavy atom. The lowest BCUT2D eigenvalue weighted by molar-refractivity contribution is -0.165. The number of rotatable bonds is 4. The molecule has 2 bridgehead atoms. The first kappa shape index (κ1) is 9.65. The summed E-state index contributed by atoms with van der Waals surface area (Å²) in [5.41, 5.74) is 0. The zero-order chi connectivity index (χ0) is 10.1. The number of hydrogen-bond donors (Lipinski definition) is 1. The summed E-state index contributed by atoms with van der Waals surface area (Å²) in [6.45, 7) is 1.44. The summed E-state index contributed by atoms with van der Waals surface area (Å²) in [6.07, 6.45) is 2.47. The molecule has 2 heterocycles. The Bertz CT molecular complexity index is 239. The summed E-state index contributed by atoms with van der Waals surface area (Å²) in [6, 6.07) is 0. The van der Waals surface area contributed by atoms with Gasteiger partial charge in [0.25, 0.3) is 0 Å². The largest absolute Gasteiger partial charge is 0.320 e. The number of carbonyl (C=O) groups excluding carboxylic acids is 2. The van der Waals surface area contributed by atoms with Crippen LogP contribution in [0.4, 0.5) is 0 Å². The molecule has 78 valence electrons. The molecule has 0 spiro atoms. The van der Waals surface area contributed by atoms with Crippen molar-refractivity contribution in [1.82, 2.24) is 10.2 Å². The second kappa shape index (κ2) is 3.69. The molecule has 14 heavy (non-hydrogen) atoms. The van der Waals surface area contributed by atoms with E-state index in [0.29, 0.717) is 6.54 Å². The predicted octanol–water partition coefficient (Wildman–Crippen LogP) is -0.00910. The van der Waals surface area contributed by atoms with Crippen LogP contribution in [0.15, 0.2) is 0 Å². The molecule has 2 aliphatic heterocycles. The van der Waals surface area contributed by atoms with Gasteiger partial charge in [0.1, 0.15) is 0 Å². The van der Waals surface area contributed by atoms with E-state index in [0.717, 1.165) is 25.8 Å². The first-order chi connectivity index (χ1) is 6.74. The highest BCUT2D eigenvalue weighted by atomic mass is 16.2. The second-order valence-corrected chi connectivity index (χ2v) is 4.15. The van der Waals surface area contributed by atoms with E-state index >= 15 is 0 Å². The van der Waals surface area contributed by atoms with Crippen LogP contribution in [0, 0.1) is 11.8 Å². The first-order valence-electron chi connectivity index (χ1n) is 5.24. The van der Waals surface area contributed by atoms with Gasteiger partial charge in [-0.3, -0.25) is 14.5 Å². The number of nitrogens with one attached hydrogen (secondary N) is 1. The van der Waals surface area contributed by atoms with Gasteiger partial charge in [-0.2, -0.15) is 0 Å². The first-order valence-corrected chi connectivity index (χ1v) is 5.24. The van der Waals surface area contributed by atoms with Gasteiger partial charge < -0.3 is 5.32 Å². The summed E-state index contributed by atoms with van der Waals surface area (Å²) in [5, 5.41) is 3.01. The van der Waals surface area contributed by atoms with Crippen LogP contribution >= 0.6 is 0 Å². The van der Waals surface area contributed by atoms with Crippen LogP contribution in [-0.4, -0.2) is 36.9 Å². The van der Waals surface area contributed by atoms with E-state index in [2.05, 4.69) is 5.32 Å². The highest BCUT2D eigenvalue weighted by molar-refractivity contribution is 6.02. The summed E-state index contributed by atoms with van der Waals surface area (Å²) in [4.78, 5) is 24.8. The van der Waals surface area contributed by atoms with Gasteiger partial charge in [0, 0.05) is 18.4 Å². The SMILES string of the molecule is CNCCCN1C(=O)C2CC(C2)C1=O. The maximum atomic E-state index is 11.7. The molecule has 0 aromatic carbocycles. The fraction of sp³-hybridized carbons (Fsp3) is 0.800. The Labute approximate surface area is 83.6 Å².